The third-order valence-electron chi connectivity index (χ3n) is 6.42. The predicted molar refractivity (Wildman–Crippen MR) is 121 cm³/mol. The maximum atomic E-state index is 15.0. The van der Waals surface area contributed by atoms with Crippen LogP contribution in [0.4, 0.5) is 15.8 Å². The molecule has 6 heterocycles. The molecule has 8 nitrogen and oxygen atoms in total. The number of ether oxygens (including phenoxy) is 1. The van der Waals surface area contributed by atoms with Crippen molar-refractivity contribution in [1.29, 1.82) is 0 Å². The van der Waals surface area contributed by atoms with Gasteiger partial charge in [-0.25, -0.2) is 14.4 Å². The lowest BCUT2D eigenvalue weighted by molar-refractivity contribution is 0.0919. The lowest BCUT2D eigenvalue weighted by atomic mass is 9.90. The molecule has 166 valence electrons. The average molecular weight is 455 g/mol. The van der Waals surface area contributed by atoms with Gasteiger partial charge in [0.15, 0.2) is 0 Å². The molecular formula is C22H23FN6O2S. The van der Waals surface area contributed by atoms with E-state index in [9.17, 15) is 4.79 Å². The van der Waals surface area contributed by atoms with E-state index in [2.05, 4.69) is 25.5 Å². The van der Waals surface area contributed by atoms with Crippen LogP contribution >= 0.6 is 11.3 Å². The number of thiophene rings is 1. The topological polar surface area (TPSA) is 105 Å². The van der Waals surface area contributed by atoms with Crippen molar-refractivity contribution in [2.75, 3.05) is 30.3 Å². The molecule has 0 saturated carbocycles. The highest BCUT2D eigenvalue weighted by molar-refractivity contribution is 7.21. The van der Waals surface area contributed by atoms with Crippen LogP contribution in [0.15, 0.2) is 18.3 Å². The van der Waals surface area contributed by atoms with Gasteiger partial charge in [-0.15, -0.1) is 11.3 Å². The van der Waals surface area contributed by atoms with Gasteiger partial charge < -0.3 is 26.0 Å². The van der Waals surface area contributed by atoms with Gasteiger partial charge in [0.25, 0.3) is 5.91 Å². The highest BCUT2D eigenvalue weighted by Crippen LogP contribution is 2.35. The SMILES string of the molecule is Cc1cnc2c(N)c(C(=O)N[C@H]3COc4cc(N5CC6CC(C5)N6)cc(F)c4C3)sc2n1. The van der Waals surface area contributed by atoms with Gasteiger partial charge in [-0.05, 0) is 19.4 Å². The third kappa shape index (κ3) is 3.25. The van der Waals surface area contributed by atoms with Gasteiger partial charge in [-0.2, -0.15) is 0 Å². The van der Waals surface area contributed by atoms with E-state index in [1.54, 1.807) is 12.3 Å². The molecule has 1 amide bonds. The summed E-state index contributed by atoms with van der Waals surface area (Å²) in [6.07, 6.45) is 3.18. The number of rotatable bonds is 3. The number of fused-ring (bicyclic) bond motifs is 4. The van der Waals surface area contributed by atoms with Crippen LogP contribution in [-0.4, -0.2) is 53.7 Å². The van der Waals surface area contributed by atoms with Crippen molar-refractivity contribution in [3.05, 3.63) is 40.3 Å². The van der Waals surface area contributed by atoms with E-state index in [0.717, 1.165) is 24.5 Å². The summed E-state index contributed by atoms with van der Waals surface area (Å²) in [5.74, 6) is -0.0593. The summed E-state index contributed by atoms with van der Waals surface area (Å²) >= 11 is 1.21. The number of nitrogens with two attached hydrogens (primary N) is 1. The maximum absolute atomic E-state index is 15.0. The van der Waals surface area contributed by atoms with E-state index >= 15 is 4.39 Å². The summed E-state index contributed by atoms with van der Waals surface area (Å²) in [5, 5.41) is 6.42. The van der Waals surface area contributed by atoms with Gasteiger partial charge in [0.05, 0.1) is 17.4 Å². The van der Waals surface area contributed by atoms with Crippen LogP contribution in [0.5, 0.6) is 5.75 Å². The number of halogens is 1. The van der Waals surface area contributed by atoms with Gasteiger partial charge >= 0.3 is 0 Å². The zero-order chi connectivity index (χ0) is 22.0. The zero-order valence-electron chi connectivity index (χ0n) is 17.5. The summed E-state index contributed by atoms with van der Waals surface area (Å²) in [5.41, 5.74) is 9.10. The van der Waals surface area contributed by atoms with Crippen LogP contribution < -0.4 is 26.0 Å². The third-order valence-corrected chi connectivity index (χ3v) is 7.51. The monoisotopic (exact) mass is 454 g/mol. The first-order chi connectivity index (χ1) is 15.4. The lowest BCUT2D eigenvalue weighted by Gasteiger charge is -2.49. The van der Waals surface area contributed by atoms with Crippen molar-refractivity contribution in [2.24, 2.45) is 0 Å². The highest BCUT2D eigenvalue weighted by atomic mass is 32.1. The Morgan fingerprint density at radius 3 is 2.94 bits per heavy atom. The van der Waals surface area contributed by atoms with Crippen molar-refractivity contribution in [2.45, 2.75) is 37.9 Å². The fraction of sp³-hybridized carbons (Fsp3) is 0.409. The van der Waals surface area contributed by atoms with E-state index in [0.29, 0.717) is 50.7 Å². The summed E-state index contributed by atoms with van der Waals surface area (Å²) in [4.78, 5) is 24.8. The summed E-state index contributed by atoms with van der Waals surface area (Å²) < 4.78 is 20.9. The molecule has 3 saturated heterocycles. The zero-order valence-corrected chi connectivity index (χ0v) is 18.3. The molecule has 2 aromatic heterocycles. The number of piperazine rings is 1. The fourth-order valence-corrected chi connectivity index (χ4v) is 5.81. The molecule has 4 N–H and O–H groups in total. The molecule has 4 aliphatic rings. The molecule has 1 aromatic carbocycles. The number of nitrogen functional groups attached to an aromatic ring is 1. The smallest absolute Gasteiger partial charge is 0.263 e. The average Bonchev–Trinajstić information content (AvgIpc) is 3.09. The van der Waals surface area contributed by atoms with E-state index in [1.165, 1.54) is 17.8 Å². The Morgan fingerprint density at radius 2 is 2.16 bits per heavy atom. The van der Waals surface area contributed by atoms with Crippen LogP contribution in [-0.2, 0) is 6.42 Å². The molecule has 32 heavy (non-hydrogen) atoms. The first kappa shape index (κ1) is 19.7. The molecule has 3 atom stereocenters. The molecule has 2 unspecified atom stereocenters. The van der Waals surface area contributed by atoms with Gasteiger partial charge in [0, 0.05) is 55.1 Å². The van der Waals surface area contributed by atoms with Gasteiger partial charge in [0.2, 0.25) is 0 Å². The molecule has 0 aliphatic carbocycles. The molecule has 7 rings (SSSR count). The molecular weight excluding hydrogens is 431 g/mol. The first-order valence-electron chi connectivity index (χ1n) is 10.7. The summed E-state index contributed by atoms with van der Waals surface area (Å²) in [6, 6.07) is 4.13. The molecule has 4 aliphatic heterocycles. The first-order valence-corrected chi connectivity index (χ1v) is 11.5. The number of hydrogen-bond acceptors (Lipinski definition) is 8. The van der Waals surface area contributed by atoms with E-state index in [4.69, 9.17) is 10.5 Å². The second-order valence-electron chi connectivity index (χ2n) is 8.80. The number of anilines is 2. The summed E-state index contributed by atoms with van der Waals surface area (Å²) in [7, 11) is 0. The van der Waals surface area contributed by atoms with E-state index in [-0.39, 0.29) is 24.4 Å². The Kier molecular flexibility index (Phi) is 4.48. The van der Waals surface area contributed by atoms with Crippen LogP contribution in [0.2, 0.25) is 0 Å². The Hall–Kier alpha value is -2.98. The number of aryl methyl sites for hydroxylation is 1. The molecule has 0 spiro atoms. The van der Waals surface area contributed by atoms with Crippen LogP contribution in [0, 0.1) is 12.7 Å². The quantitative estimate of drug-likeness (QED) is 0.556. The van der Waals surface area contributed by atoms with Crippen molar-refractivity contribution >= 4 is 39.0 Å². The molecule has 0 radical (unpaired) electrons. The van der Waals surface area contributed by atoms with Crippen molar-refractivity contribution in [3.8, 4) is 5.75 Å². The highest BCUT2D eigenvalue weighted by Gasteiger charge is 2.37. The Bertz CT molecular complexity index is 1230. The van der Waals surface area contributed by atoms with E-state index in [1.807, 2.05) is 13.0 Å². The fourth-order valence-electron chi connectivity index (χ4n) is 4.81. The number of nitrogens with zero attached hydrogens (tertiary/aromatic N) is 3. The second kappa shape index (κ2) is 7.28. The normalized spacial score (nSPS) is 23.9. The van der Waals surface area contributed by atoms with Gasteiger partial charge in [0.1, 0.15) is 33.4 Å². The minimum atomic E-state index is -0.352. The minimum absolute atomic E-state index is 0.273. The standard InChI is InChI=1S/C22H23FN6O2S/c1-10-6-25-19-18(24)20(32-22(19)26-10)21(30)28-13-3-15-16(23)4-14(5-17(15)31-9-13)29-7-11-2-12(8-29)27-11/h4-6,11-13,27H,2-3,7-9,24H2,1H3,(H,28,30)/t11?,12?,13-/m1/s1. The van der Waals surface area contributed by atoms with Crippen LogP contribution in [0.25, 0.3) is 10.3 Å². The van der Waals surface area contributed by atoms with Crippen molar-refractivity contribution in [1.82, 2.24) is 20.6 Å². The van der Waals surface area contributed by atoms with E-state index < -0.39 is 0 Å². The van der Waals surface area contributed by atoms with Gasteiger partial charge in [-0.3, -0.25) is 4.79 Å². The predicted octanol–water partition coefficient (Wildman–Crippen LogP) is 2.01. The largest absolute Gasteiger partial charge is 0.491 e. The number of benzene rings is 1. The van der Waals surface area contributed by atoms with Crippen LogP contribution in [0.3, 0.4) is 0 Å². The molecule has 10 heteroatoms. The number of carbonyl (C=O) groups excluding carboxylic acids is 1. The molecule has 2 bridgehead atoms. The van der Waals surface area contributed by atoms with Crippen molar-refractivity contribution < 1.29 is 13.9 Å². The number of piperidine rings is 1. The summed E-state index contributed by atoms with van der Waals surface area (Å²) in [6.45, 7) is 3.87. The number of carbonyl (C=O) groups is 1. The number of amides is 1. The molecule has 3 fully saturated rings. The Labute approximate surface area is 188 Å². The van der Waals surface area contributed by atoms with Crippen molar-refractivity contribution in [3.63, 3.8) is 0 Å². The maximum Gasteiger partial charge on any atom is 0.263 e. The Morgan fingerprint density at radius 1 is 1.38 bits per heavy atom. The number of nitrogens with one attached hydrogen (secondary N) is 2. The van der Waals surface area contributed by atoms with Crippen LogP contribution in [0.1, 0.15) is 27.3 Å². The minimum Gasteiger partial charge on any atom is -0.491 e. The Balaban J connectivity index is 1.19. The number of aromatic nitrogens is 2. The van der Waals surface area contributed by atoms with Gasteiger partial charge in [-0.1, -0.05) is 0 Å². The second-order valence-corrected chi connectivity index (χ2v) is 9.80. The molecule has 3 aromatic rings. The lowest BCUT2D eigenvalue weighted by Crippen LogP contribution is -2.67. The number of hydrogen-bond donors (Lipinski definition) is 3.